The second-order valence-electron chi connectivity index (χ2n) is 7.88. The Morgan fingerprint density at radius 3 is 2.34 bits per heavy atom. The number of anilines is 1. The van der Waals surface area contributed by atoms with Crippen LogP contribution in [0.5, 0.6) is 0 Å². The van der Waals surface area contributed by atoms with E-state index in [2.05, 4.69) is 0 Å². The monoisotopic (exact) mass is 594 g/mol. The van der Waals surface area contributed by atoms with Gasteiger partial charge in [0.25, 0.3) is 10.1 Å². The summed E-state index contributed by atoms with van der Waals surface area (Å²) in [6.07, 6.45) is 4.34. The van der Waals surface area contributed by atoms with Gasteiger partial charge in [-0.1, -0.05) is 41.9 Å². The number of hydrogen-bond donors (Lipinski definition) is 2. The van der Waals surface area contributed by atoms with Crippen LogP contribution < -0.4 is 9.80 Å². The van der Waals surface area contributed by atoms with E-state index in [0.29, 0.717) is 42.8 Å². The van der Waals surface area contributed by atoms with Crippen LogP contribution >= 0.6 is 46.7 Å². The predicted molar refractivity (Wildman–Crippen MR) is 139 cm³/mol. The first-order chi connectivity index (χ1) is 16.3. The highest BCUT2D eigenvalue weighted by Crippen LogP contribution is 2.48. The Morgan fingerprint density at radius 2 is 1.71 bits per heavy atom. The highest BCUT2D eigenvalue weighted by atomic mass is 35.5. The number of allylic oxidation sites excluding steroid dienone is 2. The summed E-state index contributed by atoms with van der Waals surface area (Å²) >= 11 is 14.9. The molecule has 0 spiro atoms. The fourth-order valence-corrected chi connectivity index (χ4v) is 7.90. The van der Waals surface area contributed by atoms with Gasteiger partial charge in [-0.2, -0.15) is 8.42 Å². The largest absolute Gasteiger partial charge is 0.744 e. The maximum Gasteiger partial charge on any atom is 0.283 e. The zero-order chi connectivity index (χ0) is 25.5. The molecule has 2 heterocycles. The minimum Gasteiger partial charge on any atom is -0.744 e. The third-order valence-electron chi connectivity index (χ3n) is 5.28. The number of hydrogen-bond acceptors (Lipinski definition) is 8. The van der Waals surface area contributed by atoms with E-state index in [1.54, 1.807) is 36.4 Å². The molecule has 2 aromatic rings. The van der Waals surface area contributed by atoms with E-state index in [4.69, 9.17) is 23.2 Å². The molecule has 2 aliphatic heterocycles. The number of nitrogens with one attached hydrogen (secondary N) is 1. The second kappa shape index (κ2) is 10.3. The Hall–Kier alpha value is -1.22. The molecule has 0 fully saturated rings. The average Bonchev–Trinajstić information content (AvgIpc) is 3.23. The number of thioether (sulfide) groups is 2. The lowest BCUT2D eigenvalue weighted by atomic mass is 10.1. The summed E-state index contributed by atoms with van der Waals surface area (Å²) in [7, 11) is -8.89. The normalized spacial score (nSPS) is 20.9. The van der Waals surface area contributed by atoms with E-state index < -0.39 is 32.0 Å². The van der Waals surface area contributed by atoms with Crippen LogP contribution in [0.1, 0.15) is 13.3 Å². The van der Waals surface area contributed by atoms with Crippen molar-refractivity contribution in [2.75, 3.05) is 16.7 Å². The van der Waals surface area contributed by atoms with E-state index in [-0.39, 0.29) is 5.92 Å². The molecular formula is C21H20Cl2N2O6S4. The van der Waals surface area contributed by atoms with Gasteiger partial charge in [-0.25, -0.2) is 8.42 Å². The number of benzene rings is 2. The lowest BCUT2D eigenvalue weighted by Gasteiger charge is -2.20. The molecule has 2 unspecified atom stereocenters. The zero-order valence-electron chi connectivity index (χ0n) is 18.1. The fraction of sp³-hybridized carbons (Fsp3) is 0.238. The second-order valence-corrected chi connectivity index (χ2v) is 13.7. The summed E-state index contributed by atoms with van der Waals surface area (Å²) in [4.78, 5) is 3.45. The Bertz CT molecular complexity index is 1340. The third-order valence-corrected chi connectivity index (χ3v) is 9.29. The van der Waals surface area contributed by atoms with Crippen LogP contribution in [0.4, 0.5) is 11.4 Å². The first-order valence-corrected chi connectivity index (χ1v) is 15.8. The molecule has 14 heteroatoms. The molecule has 2 atom stereocenters. The van der Waals surface area contributed by atoms with Gasteiger partial charge in [0.15, 0.2) is 22.5 Å². The molecule has 2 N–H and O–H groups in total. The minimum atomic E-state index is -4.55. The van der Waals surface area contributed by atoms with Crippen LogP contribution in [-0.2, 0) is 20.2 Å². The van der Waals surface area contributed by atoms with E-state index >= 15 is 0 Å². The maximum atomic E-state index is 11.7. The maximum absolute atomic E-state index is 11.7. The summed E-state index contributed by atoms with van der Waals surface area (Å²) in [6, 6.07) is 10.2. The minimum absolute atomic E-state index is 0.233. The molecule has 0 saturated heterocycles. The van der Waals surface area contributed by atoms with Crippen LogP contribution in [0.15, 0.2) is 68.4 Å². The molecule has 0 aliphatic carbocycles. The standard InChI is InChI=1S/C21H20Cl2N2O6S4/c1-2-13(7-20-24(11-34(26,27)28)16-9-14(22)3-5-18(16)32-20)8-21-25(12-35(29,30)31)17-10-15(23)4-6-19(17)33-21/h3-10,13H,2,11-12H2,1H3,(H,26,27,28)(H,29,30,31). The lowest BCUT2D eigenvalue weighted by Crippen LogP contribution is -3.04. The summed E-state index contributed by atoms with van der Waals surface area (Å²) < 4.78 is 67.9. The van der Waals surface area contributed by atoms with Gasteiger partial charge in [0.2, 0.25) is 0 Å². The first-order valence-electron chi connectivity index (χ1n) is 10.2. The number of halogens is 2. The van der Waals surface area contributed by atoms with Crippen LogP contribution in [0, 0.1) is 5.92 Å². The molecular weight excluding hydrogens is 575 g/mol. The SMILES string of the molecule is CCC(C=C1Sc2ccc(Cl)cc2N1CS(=O)(=O)O)C=C1Sc2ccc(Cl)cc2[NH+]1CS(=O)(=O)[O-]. The molecule has 0 aromatic heterocycles. The summed E-state index contributed by atoms with van der Waals surface area (Å²) in [5.41, 5.74) is 1.18. The molecule has 0 saturated carbocycles. The highest BCUT2D eigenvalue weighted by molar-refractivity contribution is 8.04. The van der Waals surface area contributed by atoms with Gasteiger partial charge < -0.3 is 9.45 Å². The van der Waals surface area contributed by atoms with Crippen LogP contribution in [0.3, 0.4) is 0 Å². The number of nitrogens with zero attached hydrogens (tertiary/aromatic N) is 1. The van der Waals surface area contributed by atoms with Crippen molar-refractivity contribution in [3.8, 4) is 0 Å². The topological polar surface area (TPSA) is 119 Å². The molecule has 0 radical (unpaired) electrons. The van der Waals surface area contributed by atoms with Gasteiger partial charge in [0.05, 0.1) is 15.6 Å². The van der Waals surface area contributed by atoms with E-state index in [1.165, 1.54) is 28.4 Å². The number of quaternary nitrogens is 1. The fourth-order valence-electron chi connectivity index (χ4n) is 3.76. The van der Waals surface area contributed by atoms with Crippen molar-refractivity contribution in [1.29, 1.82) is 0 Å². The Kier molecular flexibility index (Phi) is 7.87. The van der Waals surface area contributed by atoms with Crippen molar-refractivity contribution < 1.29 is 30.8 Å². The molecule has 8 nitrogen and oxygen atoms in total. The highest BCUT2D eigenvalue weighted by Gasteiger charge is 2.34. The van der Waals surface area contributed by atoms with Crippen molar-refractivity contribution in [1.82, 2.24) is 0 Å². The van der Waals surface area contributed by atoms with Crippen LogP contribution in [-0.4, -0.2) is 37.7 Å². The zero-order valence-corrected chi connectivity index (χ0v) is 22.9. The summed E-state index contributed by atoms with van der Waals surface area (Å²) in [5.74, 6) is -1.54. The summed E-state index contributed by atoms with van der Waals surface area (Å²) in [6.45, 7) is 1.93. The Balaban J connectivity index is 1.72. The number of rotatable bonds is 7. The molecule has 4 rings (SSSR count). The summed E-state index contributed by atoms with van der Waals surface area (Å²) in [5, 5.41) is 2.08. The Labute approximate surface area is 222 Å². The number of fused-ring (bicyclic) bond motifs is 2. The van der Waals surface area contributed by atoms with Crippen molar-refractivity contribution in [2.45, 2.75) is 23.1 Å². The van der Waals surface area contributed by atoms with Gasteiger partial charge in [-0.05, 0) is 60.7 Å². The smallest absolute Gasteiger partial charge is 0.283 e. The van der Waals surface area contributed by atoms with Gasteiger partial charge >= 0.3 is 0 Å². The molecule has 35 heavy (non-hydrogen) atoms. The lowest BCUT2D eigenvalue weighted by molar-refractivity contribution is -0.766. The van der Waals surface area contributed by atoms with Crippen molar-refractivity contribution in [2.24, 2.45) is 5.92 Å². The van der Waals surface area contributed by atoms with Gasteiger partial charge in [-0.3, -0.25) is 9.45 Å². The molecule has 0 bridgehead atoms. The van der Waals surface area contributed by atoms with E-state index in [9.17, 15) is 25.9 Å². The molecule has 0 amide bonds. The van der Waals surface area contributed by atoms with Gasteiger partial charge in [0, 0.05) is 26.9 Å². The van der Waals surface area contributed by atoms with Gasteiger partial charge in [-0.15, -0.1) is 0 Å². The van der Waals surface area contributed by atoms with Crippen LogP contribution in [0.25, 0.3) is 0 Å². The van der Waals surface area contributed by atoms with E-state index in [0.717, 1.165) is 9.79 Å². The van der Waals surface area contributed by atoms with Crippen LogP contribution in [0.2, 0.25) is 10.0 Å². The molecule has 2 aliphatic rings. The molecule has 188 valence electrons. The quantitative estimate of drug-likeness (QED) is 0.452. The Morgan fingerprint density at radius 1 is 1.06 bits per heavy atom. The van der Waals surface area contributed by atoms with Crippen molar-refractivity contribution >= 4 is 78.3 Å². The molecule has 2 aromatic carbocycles. The van der Waals surface area contributed by atoms with E-state index in [1.807, 2.05) is 19.1 Å². The van der Waals surface area contributed by atoms with Gasteiger partial charge in [0.1, 0.15) is 10.1 Å². The van der Waals surface area contributed by atoms with Crippen molar-refractivity contribution in [3.63, 3.8) is 0 Å². The average molecular weight is 596 g/mol. The van der Waals surface area contributed by atoms with Crippen molar-refractivity contribution in [3.05, 3.63) is 68.7 Å². The third kappa shape index (κ3) is 6.56. The first kappa shape index (κ1) is 26.8. The predicted octanol–water partition coefficient (Wildman–Crippen LogP) is 4.28.